The lowest BCUT2D eigenvalue weighted by Gasteiger charge is -2.29. The van der Waals surface area contributed by atoms with Crippen LogP contribution in [0.4, 0.5) is 5.69 Å². The summed E-state index contributed by atoms with van der Waals surface area (Å²) in [7, 11) is 1.55. The Morgan fingerprint density at radius 2 is 1.64 bits per heavy atom. The van der Waals surface area contributed by atoms with Gasteiger partial charge in [-0.1, -0.05) is 60.7 Å². The summed E-state index contributed by atoms with van der Waals surface area (Å²) in [6.07, 6.45) is 3.14. The van der Waals surface area contributed by atoms with Crippen LogP contribution in [0.15, 0.2) is 97.3 Å². The molecular weight excluding hydrogens is 452 g/mol. The molecule has 0 aliphatic carbocycles. The predicted octanol–water partition coefficient (Wildman–Crippen LogP) is 5.00. The van der Waals surface area contributed by atoms with Crippen molar-refractivity contribution in [3.05, 3.63) is 120 Å². The number of imidazole rings is 1. The quantitative estimate of drug-likeness (QED) is 0.344. The van der Waals surface area contributed by atoms with E-state index in [2.05, 4.69) is 10.3 Å². The molecule has 0 radical (unpaired) electrons. The van der Waals surface area contributed by atoms with E-state index in [-0.39, 0.29) is 5.91 Å². The Hall–Kier alpha value is -4.49. The number of pyridine rings is 1. The third kappa shape index (κ3) is 4.10. The van der Waals surface area contributed by atoms with Gasteiger partial charge in [0.1, 0.15) is 5.75 Å². The van der Waals surface area contributed by atoms with Crippen LogP contribution in [0.3, 0.4) is 0 Å². The first-order valence-electron chi connectivity index (χ1n) is 11.7. The van der Waals surface area contributed by atoms with E-state index < -0.39 is 5.60 Å². The molecule has 2 N–H and O–H groups in total. The summed E-state index contributed by atoms with van der Waals surface area (Å²) in [5.41, 5.74) is 2.40. The molecule has 5 rings (SSSR count). The van der Waals surface area contributed by atoms with Crippen LogP contribution in [-0.4, -0.2) is 32.7 Å². The summed E-state index contributed by atoms with van der Waals surface area (Å²) in [6.45, 7) is 2.55. The molecule has 0 saturated heterocycles. The first-order chi connectivity index (χ1) is 17.5. The Kier molecular flexibility index (Phi) is 6.23. The third-order valence-corrected chi connectivity index (χ3v) is 6.24. The van der Waals surface area contributed by atoms with E-state index >= 15 is 0 Å². The second kappa shape index (κ2) is 9.64. The molecule has 0 fully saturated rings. The van der Waals surface area contributed by atoms with Gasteiger partial charge in [-0.2, -0.15) is 0 Å². The molecular formula is C29H26N4O3. The number of nitrogens with zero attached hydrogens (tertiary/aromatic N) is 3. The van der Waals surface area contributed by atoms with Crippen LogP contribution in [0.5, 0.6) is 5.75 Å². The number of methoxy groups -OCH3 is 1. The number of amides is 1. The number of nitrogens with one attached hydrogen (secondary N) is 1. The van der Waals surface area contributed by atoms with E-state index in [1.165, 1.54) is 0 Å². The van der Waals surface area contributed by atoms with Crippen molar-refractivity contribution in [2.24, 2.45) is 0 Å². The summed E-state index contributed by atoms with van der Waals surface area (Å²) in [5, 5.41) is 15.1. The fourth-order valence-corrected chi connectivity index (χ4v) is 4.45. The highest BCUT2D eigenvalue weighted by atomic mass is 16.5. The lowest BCUT2D eigenvalue weighted by Crippen LogP contribution is -2.32. The van der Waals surface area contributed by atoms with Crippen LogP contribution in [0.25, 0.3) is 11.0 Å². The molecule has 3 aromatic carbocycles. The zero-order valence-electron chi connectivity index (χ0n) is 20.1. The van der Waals surface area contributed by atoms with Crippen LogP contribution < -0.4 is 10.1 Å². The first kappa shape index (κ1) is 23.3. The number of fused-ring (bicyclic) bond motifs is 1. The van der Waals surface area contributed by atoms with Crippen LogP contribution in [0.1, 0.15) is 34.2 Å². The molecule has 0 unspecified atom stereocenters. The van der Waals surface area contributed by atoms with E-state index in [1.54, 1.807) is 43.8 Å². The van der Waals surface area contributed by atoms with Gasteiger partial charge in [-0.15, -0.1) is 0 Å². The fraction of sp³-hybridized carbons (Fsp3) is 0.138. The number of aliphatic hydroxyl groups is 1. The Labute approximate surface area is 209 Å². The average Bonchev–Trinajstić information content (AvgIpc) is 3.32. The number of rotatable bonds is 7. The standard InChI is InChI=1S/C29H26N4O3/c1-3-33-26-16-20(27(34)31-23-17-24(36-2)19-30-18-23)14-15-25(26)32-28(33)29(35,21-10-6-4-7-11-21)22-12-8-5-9-13-22/h4-19,35H,3H2,1-2H3,(H,31,34). The minimum atomic E-state index is -1.48. The zero-order chi connectivity index (χ0) is 25.1. The molecule has 1 amide bonds. The minimum absolute atomic E-state index is 0.279. The van der Waals surface area contributed by atoms with Gasteiger partial charge in [-0.3, -0.25) is 9.78 Å². The molecule has 36 heavy (non-hydrogen) atoms. The van der Waals surface area contributed by atoms with Gasteiger partial charge in [0.25, 0.3) is 5.91 Å². The van der Waals surface area contributed by atoms with Crippen LogP contribution in [0.2, 0.25) is 0 Å². The van der Waals surface area contributed by atoms with Gasteiger partial charge in [-0.25, -0.2) is 4.98 Å². The summed E-state index contributed by atoms with van der Waals surface area (Å²) < 4.78 is 7.15. The maximum absolute atomic E-state index is 13.0. The summed E-state index contributed by atoms with van der Waals surface area (Å²) >= 11 is 0. The molecule has 0 spiro atoms. The Morgan fingerprint density at radius 1 is 0.972 bits per heavy atom. The lowest BCUT2D eigenvalue weighted by atomic mass is 9.85. The highest BCUT2D eigenvalue weighted by molar-refractivity contribution is 6.06. The highest BCUT2D eigenvalue weighted by Gasteiger charge is 2.38. The van der Waals surface area contributed by atoms with Gasteiger partial charge in [0.15, 0.2) is 11.4 Å². The Morgan fingerprint density at radius 3 is 2.25 bits per heavy atom. The normalized spacial score (nSPS) is 11.4. The monoisotopic (exact) mass is 478 g/mol. The molecule has 0 aliphatic heterocycles. The number of aryl methyl sites for hydroxylation is 1. The van der Waals surface area contributed by atoms with E-state index in [0.717, 1.165) is 5.52 Å². The van der Waals surface area contributed by atoms with Crippen molar-refractivity contribution in [3.63, 3.8) is 0 Å². The molecule has 7 heteroatoms. The fourth-order valence-electron chi connectivity index (χ4n) is 4.45. The van der Waals surface area contributed by atoms with Crippen LogP contribution >= 0.6 is 0 Å². The van der Waals surface area contributed by atoms with Gasteiger partial charge >= 0.3 is 0 Å². The molecule has 0 aliphatic rings. The van der Waals surface area contributed by atoms with Gasteiger partial charge in [-0.05, 0) is 36.2 Å². The molecule has 2 aromatic heterocycles. The molecule has 180 valence electrons. The average molecular weight is 479 g/mol. The van der Waals surface area contributed by atoms with Crippen molar-refractivity contribution in [1.82, 2.24) is 14.5 Å². The number of benzene rings is 3. The smallest absolute Gasteiger partial charge is 0.255 e. The summed E-state index contributed by atoms with van der Waals surface area (Å²) in [4.78, 5) is 22.0. The van der Waals surface area contributed by atoms with Gasteiger partial charge in [0, 0.05) is 18.2 Å². The van der Waals surface area contributed by atoms with Crippen LogP contribution in [0, 0.1) is 0 Å². The molecule has 0 saturated carbocycles. The van der Waals surface area contributed by atoms with E-state index in [1.807, 2.05) is 72.2 Å². The Balaban J connectivity index is 1.61. The maximum atomic E-state index is 13.0. The number of ether oxygens (including phenoxy) is 1. The number of aromatic nitrogens is 3. The summed E-state index contributed by atoms with van der Waals surface area (Å²) in [6, 6.07) is 26.1. The number of hydrogen-bond donors (Lipinski definition) is 2. The molecule has 7 nitrogen and oxygen atoms in total. The molecule has 2 heterocycles. The number of hydrogen-bond acceptors (Lipinski definition) is 5. The number of anilines is 1. The van der Waals surface area contributed by atoms with E-state index in [0.29, 0.717) is 46.0 Å². The highest BCUT2D eigenvalue weighted by Crippen LogP contribution is 2.37. The van der Waals surface area contributed by atoms with Crippen molar-refractivity contribution in [1.29, 1.82) is 0 Å². The van der Waals surface area contributed by atoms with Crippen molar-refractivity contribution in [3.8, 4) is 5.75 Å². The van der Waals surface area contributed by atoms with Gasteiger partial charge in [0.05, 0.1) is 36.2 Å². The number of carbonyl (C=O) groups excluding carboxylic acids is 1. The molecule has 0 atom stereocenters. The first-order valence-corrected chi connectivity index (χ1v) is 11.7. The second-order valence-electron chi connectivity index (χ2n) is 8.39. The predicted molar refractivity (Wildman–Crippen MR) is 139 cm³/mol. The van der Waals surface area contributed by atoms with Gasteiger partial charge in [0.2, 0.25) is 0 Å². The van der Waals surface area contributed by atoms with E-state index in [4.69, 9.17) is 9.72 Å². The second-order valence-corrected chi connectivity index (χ2v) is 8.39. The van der Waals surface area contributed by atoms with Crippen molar-refractivity contribution in [2.75, 3.05) is 12.4 Å². The lowest BCUT2D eigenvalue weighted by molar-refractivity contribution is 0.102. The molecule has 5 aromatic rings. The Bertz CT molecular complexity index is 1470. The minimum Gasteiger partial charge on any atom is -0.495 e. The third-order valence-electron chi connectivity index (χ3n) is 6.24. The molecule has 0 bridgehead atoms. The van der Waals surface area contributed by atoms with E-state index in [9.17, 15) is 9.90 Å². The van der Waals surface area contributed by atoms with Crippen LogP contribution in [-0.2, 0) is 12.1 Å². The number of carbonyl (C=O) groups is 1. The van der Waals surface area contributed by atoms with Crippen molar-refractivity contribution in [2.45, 2.75) is 19.1 Å². The zero-order valence-corrected chi connectivity index (χ0v) is 20.1. The summed E-state index contributed by atoms with van der Waals surface area (Å²) in [5.74, 6) is 0.767. The largest absolute Gasteiger partial charge is 0.495 e. The topological polar surface area (TPSA) is 89.3 Å². The van der Waals surface area contributed by atoms with Gasteiger partial charge < -0.3 is 19.7 Å². The van der Waals surface area contributed by atoms with Crippen molar-refractivity contribution >= 4 is 22.6 Å². The SMILES string of the molecule is CCn1c(C(O)(c2ccccc2)c2ccccc2)nc2ccc(C(=O)Nc3cncc(OC)c3)cc21. The van der Waals surface area contributed by atoms with Crippen molar-refractivity contribution < 1.29 is 14.6 Å². The maximum Gasteiger partial charge on any atom is 0.255 e.